The van der Waals surface area contributed by atoms with E-state index in [-0.39, 0.29) is 12.5 Å². The first-order valence-electron chi connectivity index (χ1n) is 7.94. The minimum Gasteiger partial charge on any atom is -0.483 e. The van der Waals surface area contributed by atoms with E-state index >= 15 is 0 Å². The lowest BCUT2D eigenvalue weighted by Gasteiger charge is -2.25. The van der Waals surface area contributed by atoms with Gasteiger partial charge in [-0.15, -0.1) is 0 Å². The van der Waals surface area contributed by atoms with E-state index < -0.39 is 0 Å². The molecule has 1 N–H and O–H groups in total. The fourth-order valence-corrected chi connectivity index (χ4v) is 2.71. The topological polar surface area (TPSA) is 41.6 Å². The van der Waals surface area contributed by atoms with E-state index in [0.717, 1.165) is 43.8 Å². The Balaban J connectivity index is 1.88. The minimum atomic E-state index is 0.108. The van der Waals surface area contributed by atoms with Crippen LogP contribution < -0.4 is 10.1 Å². The Morgan fingerprint density at radius 2 is 1.81 bits per heavy atom. The molecule has 0 bridgehead atoms. The Labute approximate surface area is 127 Å². The van der Waals surface area contributed by atoms with Gasteiger partial charge in [-0.05, 0) is 26.0 Å². The molecule has 21 heavy (non-hydrogen) atoms. The number of carbonyl (C=O) groups excluding carboxylic acids is 1. The van der Waals surface area contributed by atoms with Crippen molar-refractivity contribution in [3.8, 4) is 5.75 Å². The van der Waals surface area contributed by atoms with Crippen molar-refractivity contribution < 1.29 is 9.53 Å². The average Bonchev–Trinajstić information content (AvgIpc) is 2.46. The summed E-state index contributed by atoms with van der Waals surface area (Å²) in [4.78, 5) is 14.2. The molecule has 0 saturated carbocycles. The van der Waals surface area contributed by atoms with E-state index in [2.05, 4.69) is 5.32 Å². The molecule has 1 amide bonds. The van der Waals surface area contributed by atoms with E-state index in [1.807, 2.05) is 36.2 Å². The van der Waals surface area contributed by atoms with Gasteiger partial charge in [0.1, 0.15) is 5.75 Å². The first kappa shape index (κ1) is 15.8. The number of para-hydroxylation sites is 1. The largest absolute Gasteiger partial charge is 0.483 e. The van der Waals surface area contributed by atoms with Crippen LogP contribution >= 0.6 is 0 Å². The third kappa shape index (κ3) is 5.05. The third-order valence-corrected chi connectivity index (χ3v) is 3.90. The number of likely N-dealkylation sites (tertiary alicyclic amines) is 1. The second kappa shape index (κ2) is 8.67. The third-order valence-electron chi connectivity index (χ3n) is 3.90. The van der Waals surface area contributed by atoms with Gasteiger partial charge >= 0.3 is 0 Å². The average molecular weight is 290 g/mol. The molecule has 1 aliphatic heterocycles. The highest BCUT2D eigenvalue weighted by molar-refractivity contribution is 5.77. The maximum atomic E-state index is 12.3. The summed E-state index contributed by atoms with van der Waals surface area (Å²) in [6.07, 6.45) is 5.99. The van der Waals surface area contributed by atoms with E-state index in [9.17, 15) is 4.79 Å². The lowest BCUT2D eigenvalue weighted by atomic mass is 10.1. The normalized spacial score (nSPS) is 16.1. The van der Waals surface area contributed by atoms with Gasteiger partial charge in [-0.2, -0.15) is 0 Å². The van der Waals surface area contributed by atoms with Crippen molar-refractivity contribution in [3.05, 3.63) is 29.8 Å². The van der Waals surface area contributed by atoms with Gasteiger partial charge < -0.3 is 15.0 Å². The van der Waals surface area contributed by atoms with Crippen LogP contribution in [0.1, 0.15) is 37.7 Å². The molecule has 0 atom stereocenters. The number of carbonyl (C=O) groups is 1. The van der Waals surface area contributed by atoms with E-state index in [0.29, 0.717) is 0 Å². The molecule has 1 aromatic rings. The number of hydrogen-bond donors (Lipinski definition) is 1. The molecule has 2 rings (SSSR count). The van der Waals surface area contributed by atoms with Gasteiger partial charge in [0, 0.05) is 25.2 Å². The van der Waals surface area contributed by atoms with E-state index in [4.69, 9.17) is 4.74 Å². The van der Waals surface area contributed by atoms with Crippen molar-refractivity contribution in [2.75, 3.05) is 26.7 Å². The number of hydrogen-bond acceptors (Lipinski definition) is 3. The second-order valence-electron chi connectivity index (χ2n) is 5.58. The Hall–Kier alpha value is -1.55. The predicted octanol–water partition coefficient (Wildman–Crippen LogP) is 2.58. The number of nitrogens with one attached hydrogen (secondary N) is 1. The molecule has 4 heteroatoms. The van der Waals surface area contributed by atoms with Crippen molar-refractivity contribution in [1.82, 2.24) is 10.2 Å². The van der Waals surface area contributed by atoms with E-state index in [1.165, 1.54) is 19.3 Å². The summed E-state index contributed by atoms with van der Waals surface area (Å²) in [5, 5.41) is 3.12. The fraction of sp³-hybridized carbons (Fsp3) is 0.588. The van der Waals surface area contributed by atoms with Gasteiger partial charge in [-0.25, -0.2) is 0 Å². The number of amides is 1. The molecule has 0 unspecified atom stereocenters. The highest BCUT2D eigenvalue weighted by Crippen LogP contribution is 2.18. The summed E-state index contributed by atoms with van der Waals surface area (Å²) in [6, 6.07) is 7.87. The van der Waals surface area contributed by atoms with Crippen LogP contribution in [0.2, 0.25) is 0 Å². The zero-order chi connectivity index (χ0) is 14.9. The smallest absolute Gasteiger partial charge is 0.260 e. The number of ether oxygens (including phenoxy) is 1. The first-order chi connectivity index (χ1) is 10.3. The summed E-state index contributed by atoms with van der Waals surface area (Å²) < 4.78 is 5.75. The van der Waals surface area contributed by atoms with Gasteiger partial charge in [0.05, 0.1) is 0 Å². The van der Waals surface area contributed by atoms with Crippen molar-refractivity contribution >= 4 is 5.91 Å². The van der Waals surface area contributed by atoms with Crippen LogP contribution in [0.15, 0.2) is 24.3 Å². The standard InChI is InChI=1S/C17H26N2O2/c1-18-13-15-9-5-6-10-16(15)21-14-17(20)19-11-7-3-2-4-8-12-19/h5-6,9-10,18H,2-4,7-8,11-14H2,1H3. The molecule has 4 nitrogen and oxygen atoms in total. The summed E-state index contributed by atoms with van der Waals surface area (Å²) in [6.45, 7) is 2.63. The molecule has 0 spiro atoms. The van der Waals surface area contributed by atoms with Gasteiger partial charge in [0.25, 0.3) is 5.91 Å². The summed E-state index contributed by atoms with van der Waals surface area (Å²) in [7, 11) is 1.90. The quantitative estimate of drug-likeness (QED) is 0.906. The number of benzene rings is 1. The zero-order valence-corrected chi connectivity index (χ0v) is 12.9. The van der Waals surface area contributed by atoms with Crippen molar-refractivity contribution in [2.45, 2.75) is 38.6 Å². The Morgan fingerprint density at radius 1 is 1.14 bits per heavy atom. The Morgan fingerprint density at radius 3 is 2.52 bits per heavy atom. The molecule has 1 aliphatic rings. The van der Waals surface area contributed by atoms with Crippen LogP contribution in [-0.4, -0.2) is 37.6 Å². The monoisotopic (exact) mass is 290 g/mol. The lowest BCUT2D eigenvalue weighted by molar-refractivity contribution is -0.133. The van der Waals surface area contributed by atoms with Crippen LogP contribution in [0.25, 0.3) is 0 Å². The molecule has 1 saturated heterocycles. The molecular formula is C17H26N2O2. The molecule has 1 aromatic carbocycles. The molecule has 0 radical (unpaired) electrons. The van der Waals surface area contributed by atoms with Crippen LogP contribution in [0.5, 0.6) is 5.75 Å². The second-order valence-corrected chi connectivity index (χ2v) is 5.58. The lowest BCUT2D eigenvalue weighted by Crippen LogP contribution is -2.37. The van der Waals surface area contributed by atoms with Gasteiger partial charge in [0.2, 0.25) is 0 Å². The van der Waals surface area contributed by atoms with Crippen LogP contribution in [0.3, 0.4) is 0 Å². The molecular weight excluding hydrogens is 264 g/mol. The van der Waals surface area contributed by atoms with Crippen molar-refractivity contribution in [3.63, 3.8) is 0 Å². The zero-order valence-electron chi connectivity index (χ0n) is 12.9. The predicted molar refractivity (Wildman–Crippen MR) is 84.4 cm³/mol. The van der Waals surface area contributed by atoms with Gasteiger partial charge in [0.15, 0.2) is 6.61 Å². The maximum absolute atomic E-state index is 12.3. The molecule has 1 fully saturated rings. The number of nitrogens with zero attached hydrogens (tertiary/aromatic N) is 1. The Kier molecular flexibility index (Phi) is 6.54. The highest BCUT2D eigenvalue weighted by Gasteiger charge is 2.15. The van der Waals surface area contributed by atoms with Crippen LogP contribution in [0.4, 0.5) is 0 Å². The fourth-order valence-electron chi connectivity index (χ4n) is 2.71. The first-order valence-corrected chi connectivity index (χ1v) is 7.94. The molecule has 116 valence electrons. The summed E-state index contributed by atoms with van der Waals surface area (Å²) in [5.74, 6) is 0.906. The molecule has 0 aliphatic carbocycles. The summed E-state index contributed by atoms with van der Waals surface area (Å²) >= 11 is 0. The minimum absolute atomic E-state index is 0.108. The van der Waals surface area contributed by atoms with Crippen LogP contribution in [0, 0.1) is 0 Å². The highest BCUT2D eigenvalue weighted by atomic mass is 16.5. The van der Waals surface area contributed by atoms with E-state index in [1.54, 1.807) is 0 Å². The molecule has 0 aromatic heterocycles. The van der Waals surface area contributed by atoms with Crippen molar-refractivity contribution in [1.29, 1.82) is 0 Å². The summed E-state index contributed by atoms with van der Waals surface area (Å²) in [5.41, 5.74) is 1.08. The number of rotatable bonds is 5. The maximum Gasteiger partial charge on any atom is 0.260 e. The molecule has 1 heterocycles. The van der Waals surface area contributed by atoms with Gasteiger partial charge in [-0.1, -0.05) is 37.5 Å². The van der Waals surface area contributed by atoms with Gasteiger partial charge in [-0.3, -0.25) is 4.79 Å². The van der Waals surface area contributed by atoms with Crippen LogP contribution in [-0.2, 0) is 11.3 Å². The SMILES string of the molecule is CNCc1ccccc1OCC(=O)N1CCCCCCC1. The van der Waals surface area contributed by atoms with Crippen molar-refractivity contribution in [2.24, 2.45) is 0 Å². The Bertz CT molecular complexity index is 440.